The zero-order chi connectivity index (χ0) is 9.26. The van der Waals surface area contributed by atoms with Crippen molar-refractivity contribution in [3.8, 4) is 0 Å². The maximum atomic E-state index is 11.4. The highest BCUT2D eigenvalue weighted by molar-refractivity contribution is 7.13. The first-order valence-electron chi connectivity index (χ1n) is 4.19. The van der Waals surface area contributed by atoms with Crippen molar-refractivity contribution in [2.24, 2.45) is 5.92 Å². The summed E-state index contributed by atoms with van der Waals surface area (Å²) in [6.07, 6.45) is 0. The standard InChI is InChI=1S/C8H11N3OS.ClH/c1-5-4-13-8(10-5)11-7(12)6-2-9-3-6;/h4,6,9H,2-3H2,1H3,(H,10,11,12);1H. The number of carbonyl (C=O) groups excluding carboxylic acids is 1. The lowest BCUT2D eigenvalue weighted by molar-refractivity contribution is -0.121. The Bertz CT molecular complexity index is 324. The first-order valence-corrected chi connectivity index (χ1v) is 5.07. The molecule has 1 aliphatic rings. The van der Waals surface area contributed by atoms with E-state index in [0.29, 0.717) is 5.13 Å². The molecule has 0 spiro atoms. The molecule has 4 nitrogen and oxygen atoms in total. The van der Waals surface area contributed by atoms with E-state index in [1.807, 2.05) is 12.3 Å². The van der Waals surface area contributed by atoms with Crippen molar-refractivity contribution in [1.82, 2.24) is 10.3 Å². The van der Waals surface area contributed by atoms with Crippen LogP contribution in [-0.4, -0.2) is 24.0 Å². The van der Waals surface area contributed by atoms with Gasteiger partial charge in [-0.1, -0.05) is 0 Å². The summed E-state index contributed by atoms with van der Waals surface area (Å²) in [5.41, 5.74) is 0.951. The zero-order valence-corrected chi connectivity index (χ0v) is 9.37. The van der Waals surface area contributed by atoms with Gasteiger partial charge in [0.05, 0.1) is 11.6 Å². The predicted molar refractivity (Wildman–Crippen MR) is 59.1 cm³/mol. The van der Waals surface area contributed by atoms with Crippen molar-refractivity contribution in [3.05, 3.63) is 11.1 Å². The van der Waals surface area contributed by atoms with Crippen LogP contribution in [0.2, 0.25) is 0 Å². The number of halogens is 1. The largest absolute Gasteiger partial charge is 0.315 e. The van der Waals surface area contributed by atoms with E-state index in [-0.39, 0.29) is 24.2 Å². The van der Waals surface area contributed by atoms with Gasteiger partial charge in [-0.15, -0.1) is 23.7 Å². The van der Waals surface area contributed by atoms with Crippen LogP contribution in [0.4, 0.5) is 5.13 Å². The lowest BCUT2D eigenvalue weighted by Gasteiger charge is -2.25. The van der Waals surface area contributed by atoms with E-state index in [2.05, 4.69) is 15.6 Å². The number of thiazole rings is 1. The van der Waals surface area contributed by atoms with Crippen LogP contribution in [0.25, 0.3) is 0 Å². The quantitative estimate of drug-likeness (QED) is 0.803. The lowest BCUT2D eigenvalue weighted by Crippen LogP contribution is -2.48. The summed E-state index contributed by atoms with van der Waals surface area (Å²) in [5.74, 6) is 0.206. The summed E-state index contributed by atoms with van der Waals surface area (Å²) in [6, 6.07) is 0. The smallest absolute Gasteiger partial charge is 0.231 e. The zero-order valence-electron chi connectivity index (χ0n) is 7.74. The highest BCUT2D eigenvalue weighted by atomic mass is 35.5. The molecule has 0 saturated carbocycles. The van der Waals surface area contributed by atoms with Gasteiger partial charge in [0.2, 0.25) is 5.91 Å². The van der Waals surface area contributed by atoms with Crippen molar-refractivity contribution in [2.75, 3.05) is 18.4 Å². The Balaban J connectivity index is 0.000000980. The molecule has 1 amide bonds. The molecule has 0 aliphatic carbocycles. The van der Waals surface area contributed by atoms with E-state index >= 15 is 0 Å². The van der Waals surface area contributed by atoms with Crippen LogP contribution in [0.15, 0.2) is 5.38 Å². The Kier molecular flexibility index (Phi) is 3.86. The molecule has 2 N–H and O–H groups in total. The molecule has 1 aliphatic heterocycles. The maximum absolute atomic E-state index is 11.4. The van der Waals surface area contributed by atoms with E-state index in [1.54, 1.807) is 0 Å². The third-order valence-electron chi connectivity index (χ3n) is 2.00. The number of aromatic nitrogens is 1. The second kappa shape index (κ2) is 4.72. The van der Waals surface area contributed by atoms with E-state index < -0.39 is 0 Å². The molecule has 1 aromatic heterocycles. The van der Waals surface area contributed by atoms with Crippen molar-refractivity contribution in [1.29, 1.82) is 0 Å². The predicted octanol–water partition coefficient (Wildman–Crippen LogP) is 1.03. The van der Waals surface area contributed by atoms with Gasteiger partial charge in [-0.25, -0.2) is 4.98 Å². The Morgan fingerprint density at radius 3 is 2.86 bits per heavy atom. The fraction of sp³-hybridized carbons (Fsp3) is 0.500. The lowest BCUT2D eigenvalue weighted by atomic mass is 10.0. The highest BCUT2D eigenvalue weighted by Gasteiger charge is 2.25. The number of carbonyl (C=O) groups is 1. The Labute approximate surface area is 92.5 Å². The summed E-state index contributed by atoms with van der Waals surface area (Å²) in [5, 5.41) is 8.48. The van der Waals surface area contributed by atoms with Gasteiger partial charge in [0.1, 0.15) is 0 Å². The SMILES string of the molecule is Cc1csc(NC(=O)C2CNC2)n1.Cl. The minimum absolute atomic E-state index is 0. The van der Waals surface area contributed by atoms with E-state index in [9.17, 15) is 4.79 Å². The van der Waals surface area contributed by atoms with Gasteiger partial charge in [-0.2, -0.15) is 0 Å². The van der Waals surface area contributed by atoms with Gasteiger partial charge >= 0.3 is 0 Å². The van der Waals surface area contributed by atoms with Crippen LogP contribution in [0.1, 0.15) is 5.69 Å². The molecule has 2 rings (SSSR count). The van der Waals surface area contributed by atoms with E-state index in [0.717, 1.165) is 18.8 Å². The molecule has 0 aromatic carbocycles. The van der Waals surface area contributed by atoms with E-state index in [1.165, 1.54) is 11.3 Å². The van der Waals surface area contributed by atoms with Crippen molar-refractivity contribution in [3.63, 3.8) is 0 Å². The topological polar surface area (TPSA) is 54.0 Å². The van der Waals surface area contributed by atoms with Gasteiger partial charge in [0, 0.05) is 18.5 Å². The molecule has 0 radical (unpaired) electrons. The summed E-state index contributed by atoms with van der Waals surface area (Å²) < 4.78 is 0. The van der Waals surface area contributed by atoms with Gasteiger partial charge in [0.25, 0.3) is 0 Å². The Hall–Kier alpha value is -0.650. The Morgan fingerprint density at radius 1 is 1.71 bits per heavy atom. The van der Waals surface area contributed by atoms with Gasteiger partial charge in [-0.3, -0.25) is 4.79 Å². The van der Waals surface area contributed by atoms with Gasteiger partial charge in [0.15, 0.2) is 5.13 Å². The molecule has 0 bridgehead atoms. The number of amides is 1. The summed E-state index contributed by atoms with van der Waals surface area (Å²) >= 11 is 1.47. The molecule has 2 heterocycles. The van der Waals surface area contributed by atoms with Crippen LogP contribution in [-0.2, 0) is 4.79 Å². The van der Waals surface area contributed by atoms with Gasteiger partial charge < -0.3 is 10.6 Å². The number of hydrogen-bond acceptors (Lipinski definition) is 4. The second-order valence-corrected chi connectivity index (χ2v) is 4.00. The second-order valence-electron chi connectivity index (χ2n) is 3.14. The maximum Gasteiger partial charge on any atom is 0.231 e. The molecular formula is C8H12ClN3OS. The highest BCUT2D eigenvalue weighted by Crippen LogP contribution is 2.16. The fourth-order valence-corrected chi connectivity index (χ4v) is 1.78. The number of nitrogens with one attached hydrogen (secondary N) is 2. The monoisotopic (exact) mass is 233 g/mol. The normalized spacial score (nSPS) is 15.5. The van der Waals surface area contributed by atoms with E-state index in [4.69, 9.17) is 0 Å². The van der Waals surface area contributed by atoms with Crippen LogP contribution in [0, 0.1) is 12.8 Å². The minimum atomic E-state index is 0. The summed E-state index contributed by atoms with van der Waals surface area (Å²) in [6.45, 7) is 3.49. The van der Waals surface area contributed by atoms with Crippen molar-refractivity contribution in [2.45, 2.75) is 6.92 Å². The van der Waals surface area contributed by atoms with Crippen LogP contribution < -0.4 is 10.6 Å². The van der Waals surface area contributed by atoms with Crippen LogP contribution in [0.3, 0.4) is 0 Å². The van der Waals surface area contributed by atoms with Crippen molar-refractivity contribution >= 4 is 34.8 Å². The molecular weight excluding hydrogens is 222 g/mol. The summed E-state index contributed by atoms with van der Waals surface area (Å²) in [4.78, 5) is 15.6. The fourth-order valence-electron chi connectivity index (χ4n) is 1.09. The first-order chi connectivity index (χ1) is 6.25. The van der Waals surface area contributed by atoms with Crippen LogP contribution in [0.5, 0.6) is 0 Å². The number of rotatable bonds is 2. The number of hydrogen-bond donors (Lipinski definition) is 2. The molecule has 1 saturated heterocycles. The molecule has 1 fully saturated rings. The molecule has 0 unspecified atom stereocenters. The van der Waals surface area contributed by atoms with Gasteiger partial charge in [-0.05, 0) is 6.92 Å². The summed E-state index contributed by atoms with van der Waals surface area (Å²) in [7, 11) is 0. The van der Waals surface area contributed by atoms with Crippen LogP contribution >= 0.6 is 23.7 Å². The molecule has 0 atom stereocenters. The molecule has 78 valence electrons. The van der Waals surface area contributed by atoms with Crippen molar-refractivity contribution < 1.29 is 4.79 Å². The number of aryl methyl sites for hydroxylation is 1. The third-order valence-corrected chi connectivity index (χ3v) is 2.88. The molecule has 1 aromatic rings. The number of nitrogens with zero attached hydrogens (tertiary/aromatic N) is 1. The first kappa shape index (κ1) is 11.4. The number of anilines is 1. The average Bonchev–Trinajstić information content (AvgIpc) is 2.31. The molecule has 14 heavy (non-hydrogen) atoms. The molecule has 6 heteroatoms. The minimum Gasteiger partial charge on any atom is -0.315 e. The third kappa shape index (κ3) is 2.43. The Morgan fingerprint density at radius 2 is 2.43 bits per heavy atom. The average molecular weight is 234 g/mol.